The lowest BCUT2D eigenvalue weighted by molar-refractivity contribution is 0.0130. The van der Waals surface area contributed by atoms with Crippen LogP contribution in [0.3, 0.4) is 0 Å². The summed E-state index contributed by atoms with van der Waals surface area (Å²) in [5.74, 6) is -0.513. The number of hydrogen-bond donors (Lipinski definition) is 0. The molecule has 3 rings (SSSR count). The highest BCUT2D eigenvalue weighted by molar-refractivity contribution is 6.29. The van der Waals surface area contributed by atoms with Crippen molar-refractivity contribution in [2.24, 2.45) is 0 Å². The number of imidazole rings is 1. The average Bonchev–Trinajstić information content (AvgIpc) is 3.05. The second-order valence-electron chi connectivity index (χ2n) is 8.45. The van der Waals surface area contributed by atoms with Crippen LogP contribution in [0.1, 0.15) is 52.0 Å². The zero-order chi connectivity index (χ0) is 22.2. The fraction of sp³-hybridized carbons (Fsp3) is 0.600. The first-order chi connectivity index (χ1) is 14.0. The summed E-state index contributed by atoms with van der Waals surface area (Å²) in [4.78, 5) is 33.0. The molecule has 164 valence electrons. The maximum Gasteiger partial charge on any atom is 0.410 e. The number of nitrogens with zero attached hydrogens (tertiary/aromatic N) is 5. The third-order valence-electron chi connectivity index (χ3n) is 4.78. The standard InChI is InChI=1S/C20H28ClN5O4/c1-7-29-18(27)14-11-26-17(22-14)15(8-16(21)23-26)24-9-13(3)25(10-12(24)2)19(28)30-20(4,5)6/h8,11-13H,7,9-10H2,1-6H3/t12-,13+/m0/s1. The zero-order valence-electron chi connectivity index (χ0n) is 18.2. The quantitative estimate of drug-likeness (QED) is 0.680. The molecule has 0 N–H and O–H groups in total. The molecule has 0 aromatic carbocycles. The van der Waals surface area contributed by atoms with Gasteiger partial charge in [-0.2, -0.15) is 5.10 Å². The van der Waals surface area contributed by atoms with Crippen LogP contribution in [0.15, 0.2) is 12.3 Å². The normalized spacial score (nSPS) is 19.8. The van der Waals surface area contributed by atoms with Crippen molar-refractivity contribution < 1.29 is 19.1 Å². The Bertz CT molecular complexity index is 955. The minimum atomic E-state index is -0.554. The summed E-state index contributed by atoms with van der Waals surface area (Å²) in [5.41, 5.74) is 0.864. The van der Waals surface area contributed by atoms with E-state index in [1.807, 2.05) is 34.6 Å². The molecular weight excluding hydrogens is 410 g/mol. The lowest BCUT2D eigenvalue weighted by Crippen LogP contribution is -2.59. The Hall–Kier alpha value is -2.55. The van der Waals surface area contributed by atoms with Crippen LogP contribution < -0.4 is 4.90 Å². The number of fused-ring (bicyclic) bond motifs is 1. The van der Waals surface area contributed by atoms with E-state index in [-0.39, 0.29) is 35.6 Å². The molecule has 1 amide bonds. The second kappa shape index (κ2) is 8.29. The monoisotopic (exact) mass is 437 g/mol. The number of piperazine rings is 1. The maximum absolute atomic E-state index is 12.6. The highest BCUT2D eigenvalue weighted by atomic mass is 35.5. The van der Waals surface area contributed by atoms with Gasteiger partial charge in [-0.05, 0) is 41.5 Å². The number of carbonyl (C=O) groups excluding carboxylic acids is 2. The molecule has 2 aromatic heterocycles. The molecule has 9 nitrogen and oxygen atoms in total. The summed E-state index contributed by atoms with van der Waals surface area (Å²) in [5, 5.41) is 4.50. The van der Waals surface area contributed by atoms with Gasteiger partial charge in [0.05, 0.1) is 18.5 Å². The lowest BCUT2D eigenvalue weighted by atomic mass is 10.1. The molecule has 2 aromatic rings. The predicted molar refractivity (Wildman–Crippen MR) is 113 cm³/mol. The SMILES string of the molecule is CCOC(=O)c1cn2nc(Cl)cc(N3C[C@@H](C)N(C(=O)OC(C)(C)C)C[C@@H]3C)c2n1. The Labute approximate surface area is 180 Å². The molecule has 3 heterocycles. The van der Waals surface area contributed by atoms with Gasteiger partial charge in [0, 0.05) is 31.2 Å². The van der Waals surface area contributed by atoms with Crippen molar-refractivity contribution in [3.63, 3.8) is 0 Å². The van der Waals surface area contributed by atoms with E-state index >= 15 is 0 Å². The molecule has 30 heavy (non-hydrogen) atoms. The summed E-state index contributed by atoms with van der Waals surface area (Å²) >= 11 is 6.24. The van der Waals surface area contributed by atoms with Gasteiger partial charge in [0.2, 0.25) is 0 Å². The highest BCUT2D eigenvalue weighted by Gasteiger charge is 2.35. The molecule has 1 fully saturated rings. The average molecular weight is 438 g/mol. The summed E-state index contributed by atoms with van der Waals surface area (Å²) in [6.07, 6.45) is 1.18. The van der Waals surface area contributed by atoms with Crippen LogP contribution in [-0.4, -0.2) is 68.9 Å². The smallest absolute Gasteiger partial charge is 0.410 e. The van der Waals surface area contributed by atoms with Gasteiger partial charge >= 0.3 is 12.1 Å². The van der Waals surface area contributed by atoms with Crippen LogP contribution in [-0.2, 0) is 9.47 Å². The van der Waals surface area contributed by atoms with Gasteiger partial charge in [-0.25, -0.2) is 19.1 Å². The minimum absolute atomic E-state index is 0.0290. The number of ether oxygens (including phenoxy) is 2. The molecule has 0 unspecified atom stereocenters. The summed E-state index contributed by atoms with van der Waals surface area (Å²) in [6, 6.07) is 1.60. The van der Waals surface area contributed by atoms with E-state index in [1.165, 1.54) is 10.7 Å². The molecule has 0 aliphatic carbocycles. The molecule has 10 heteroatoms. The van der Waals surface area contributed by atoms with Crippen molar-refractivity contribution >= 4 is 35.0 Å². The predicted octanol–water partition coefficient (Wildman–Crippen LogP) is 3.39. The molecule has 0 bridgehead atoms. The maximum atomic E-state index is 12.6. The third kappa shape index (κ3) is 4.61. The third-order valence-corrected chi connectivity index (χ3v) is 4.97. The minimum Gasteiger partial charge on any atom is -0.461 e. The van der Waals surface area contributed by atoms with Crippen LogP contribution in [0.4, 0.5) is 10.5 Å². The molecule has 1 aliphatic heterocycles. The van der Waals surface area contributed by atoms with Crippen LogP contribution in [0.5, 0.6) is 0 Å². The van der Waals surface area contributed by atoms with E-state index in [2.05, 4.69) is 15.0 Å². The van der Waals surface area contributed by atoms with Crippen LogP contribution in [0.2, 0.25) is 5.15 Å². The van der Waals surface area contributed by atoms with Crippen LogP contribution >= 0.6 is 11.6 Å². The van der Waals surface area contributed by atoms with E-state index in [1.54, 1.807) is 17.9 Å². The number of halogens is 1. The van der Waals surface area contributed by atoms with Crippen molar-refractivity contribution in [3.05, 3.63) is 23.1 Å². The van der Waals surface area contributed by atoms with Gasteiger partial charge in [-0.15, -0.1) is 0 Å². The summed E-state index contributed by atoms with van der Waals surface area (Å²) in [6.45, 7) is 12.6. The first kappa shape index (κ1) is 22.1. The van der Waals surface area contributed by atoms with Gasteiger partial charge in [0.25, 0.3) is 0 Å². The second-order valence-corrected chi connectivity index (χ2v) is 8.84. The van der Waals surface area contributed by atoms with Crippen molar-refractivity contribution in [2.75, 3.05) is 24.6 Å². The van der Waals surface area contributed by atoms with Gasteiger partial charge < -0.3 is 19.3 Å². The Kier molecular flexibility index (Phi) is 6.12. The Balaban J connectivity index is 1.90. The van der Waals surface area contributed by atoms with Gasteiger partial charge in [-0.3, -0.25) is 0 Å². The lowest BCUT2D eigenvalue weighted by Gasteiger charge is -2.45. The Morgan fingerprint density at radius 3 is 2.57 bits per heavy atom. The number of aromatic nitrogens is 3. The molecular formula is C20H28ClN5O4. The van der Waals surface area contributed by atoms with E-state index in [0.717, 1.165) is 5.69 Å². The Morgan fingerprint density at radius 1 is 1.23 bits per heavy atom. The molecule has 0 saturated carbocycles. The van der Waals surface area contributed by atoms with Gasteiger partial charge in [-0.1, -0.05) is 11.6 Å². The van der Waals surface area contributed by atoms with Crippen LogP contribution in [0.25, 0.3) is 5.65 Å². The largest absolute Gasteiger partial charge is 0.461 e. The zero-order valence-corrected chi connectivity index (χ0v) is 18.9. The van der Waals surface area contributed by atoms with Crippen molar-refractivity contribution in [3.8, 4) is 0 Å². The summed E-state index contributed by atoms with van der Waals surface area (Å²) < 4.78 is 12.1. The molecule has 0 radical (unpaired) electrons. The van der Waals surface area contributed by atoms with Crippen molar-refractivity contribution in [2.45, 2.75) is 59.2 Å². The molecule has 1 aliphatic rings. The van der Waals surface area contributed by atoms with Crippen molar-refractivity contribution in [1.29, 1.82) is 0 Å². The van der Waals surface area contributed by atoms with E-state index in [9.17, 15) is 9.59 Å². The number of carbonyl (C=O) groups is 2. The van der Waals surface area contributed by atoms with Gasteiger partial charge in [0.1, 0.15) is 5.60 Å². The molecule has 0 spiro atoms. The number of hydrogen-bond acceptors (Lipinski definition) is 7. The molecule has 1 saturated heterocycles. The van der Waals surface area contributed by atoms with E-state index < -0.39 is 11.6 Å². The summed E-state index contributed by atoms with van der Waals surface area (Å²) in [7, 11) is 0. The fourth-order valence-electron chi connectivity index (χ4n) is 3.48. The first-order valence-corrected chi connectivity index (χ1v) is 10.4. The molecule has 2 atom stereocenters. The topological polar surface area (TPSA) is 89.3 Å². The Morgan fingerprint density at radius 2 is 1.93 bits per heavy atom. The highest BCUT2D eigenvalue weighted by Crippen LogP contribution is 2.29. The number of esters is 1. The fourth-order valence-corrected chi connectivity index (χ4v) is 3.67. The van der Waals surface area contributed by atoms with Crippen molar-refractivity contribution in [1.82, 2.24) is 19.5 Å². The number of amides is 1. The van der Waals surface area contributed by atoms with E-state index in [0.29, 0.717) is 18.7 Å². The van der Waals surface area contributed by atoms with Crippen LogP contribution in [0, 0.1) is 0 Å². The number of anilines is 1. The van der Waals surface area contributed by atoms with E-state index in [4.69, 9.17) is 21.1 Å². The van der Waals surface area contributed by atoms with Gasteiger partial charge in [0.15, 0.2) is 16.5 Å². The number of rotatable bonds is 3. The first-order valence-electron chi connectivity index (χ1n) is 9.99.